The van der Waals surface area contributed by atoms with Gasteiger partial charge in [0.05, 0.1) is 31.3 Å². The predicted molar refractivity (Wildman–Crippen MR) is 59.4 cm³/mol. The van der Waals surface area contributed by atoms with Gasteiger partial charge in [-0.1, -0.05) is 0 Å². The first-order valence-electron chi connectivity index (χ1n) is 5.60. The first kappa shape index (κ1) is 13.9. The maximum atomic E-state index is 12.0. The number of hydrogen-bond donors (Lipinski definition) is 2. The Morgan fingerprint density at radius 3 is 2.65 bits per heavy atom. The number of aliphatic carboxylic acids is 1. The number of carboxylic acids is 1. The molecule has 17 heavy (non-hydrogen) atoms. The van der Waals surface area contributed by atoms with Crippen molar-refractivity contribution >= 4 is 11.9 Å². The number of nitrogens with zero attached hydrogens (tertiary/aromatic N) is 1. The van der Waals surface area contributed by atoms with Crippen LogP contribution in [0.5, 0.6) is 0 Å². The summed E-state index contributed by atoms with van der Waals surface area (Å²) in [5.74, 6) is -1.25. The number of hydrogen-bond acceptors (Lipinski definition) is 4. The van der Waals surface area contributed by atoms with Crippen LogP contribution in [0.15, 0.2) is 0 Å². The molecule has 0 aromatic carbocycles. The van der Waals surface area contributed by atoms with Crippen LogP contribution in [0, 0.1) is 5.41 Å². The van der Waals surface area contributed by atoms with E-state index >= 15 is 0 Å². The van der Waals surface area contributed by atoms with Crippen LogP contribution in [0.1, 0.15) is 20.3 Å². The molecule has 1 atom stereocenters. The Morgan fingerprint density at radius 1 is 1.47 bits per heavy atom. The number of carbonyl (C=O) groups is 2. The molecule has 2 N–H and O–H groups in total. The maximum Gasteiger partial charge on any atom is 0.309 e. The molecular weight excluding hydrogens is 226 g/mol. The summed E-state index contributed by atoms with van der Waals surface area (Å²) in [7, 11) is 0. The van der Waals surface area contributed by atoms with Crippen molar-refractivity contribution in [3.8, 4) is 0 Å². The standard InChI is InChI=1S/C11H19NO5/c1-11(2,10(15)16)5-9(14)12-3-4-17-7-8(12)6-13/h8,13H,3-7H2,1-2H3,(H,15,16). The molecule has 0 aliphatic carbocycles. The van der Waals surface area contributed by atoms with E-state index in [9.17, 15) is 9.59 Å². The molecule has 6 heteroatoms. The molecule has 1 aliphatic heterocycles. The number of morpholine rings is 1. The fourth-order valence-corrected chi connectivity index (χ4v) is 1.69. The van der Waals surface area contributed by atoms with Crippen LogP contribution >= 0.6 is 0 Å². The van der Waals surface area contributed by atoms with Gasteiger partial charge in [-0.3, -0.25) is 9.59 Å². The largest absolute Gasteiger partial charge is 0.481 e. The molecule has 1 amide bonds. The lowest BCUT2D eigenvalue weighted by molar-refractivity contribution is -0.154. The molecule has 98 valence electrons. The molecule has 1 unspecified atom stereocenters. The summed E-state index contributed by atoms with van der Waals surface area (Å²) in [4.78, 5) is 24.4. The molecule has 0 saturated carbocycles. The summed E-state index contributed by atoms with van der Waals surface area (Å²) >= 11 is 0. The van der Waals surface area contributed by atoms with Crippen LogP contribution in [-0.2, 0) is 14.3 Å². The van der Waals surface area contributed by atoms with E-state index in [-0.39, 0.29) is 25.0 Å². The number of aliphatic hydroxyl groups excluding tert-OH is 1. The molecule has 0 spiro atoms. The highest BCUT2D eigenvalue weighted by molar-refractivity contribution is 5.84. The van der Waals surface area contributed by atoms with E-state index in [4.69, 9.17) is 14.9 Å². The molecule has 1 saturated heterocycles. The van der Waals surface area contributed by atoms with Crippen molar-refractivity contribution in [2.75, 3.05) is 26.4 Å². The first-order valence-corrected chi connectivity index (χ1v) is 5.60. The van der Waals surface area contributed by atoms with Crippen molar-refractivity contribution in [3.05, 3.63) is 0 Å². The van der Waals surface area contributed by atoms with Gasteiger partial charge in [0, 0.05) is 13.0 Å². The second-order valence-electron chi connectivity index (χ2n) is 4.86. The highest BCUT2D eigenvalue weighted by Crippen LogP contribution is 2.23. The minimum Gasteiger partial charge on any atom is -0.481 e. The van der Waals surface area contributed by atoms with E-state index < -0.39 is 11.4 Å². The van der Waals surface area contributed by atoms with Crippen molar-refractivity contribution < 1.29 is 24.5 Å². The minimum atomic E-state index is -1.09. The average Bonchev–Trinajstić information content (AvgIpc) is 2.28. The molecule has 1 heterocycles. The van der Waals surface area contributed by atoms with E-state index in [1.807, 2.05) is 0 Å². The van der Waals surface area contributed by atoms with Gasteiger partial charge in [0.1, 0.15) is 0 Å². The zero-order valence-corrected chi connectivity index (χ0v) is 10.2. The maximum absolute atomic E-state index is 12.0. The van der Waals surface area contributed by atoms with Crippen LogP contribution < -0.4 is 0 Å². The van der Waals surface area contributed by atoms with Gasteiger partial charge in [-0.25, -0.2) is 0 Å². The Kier molecular flexibility index (Phi) is 4.47. The van der Waals surface area contributed by atoms with Crippen molar-refractivity contribution in [3.63, 3.8) is 0 Å². The molecule has 6 nitrogen and oxygen atoms in total. The quantitative estimate of drug-likeness (QED) is 0.710. The van der Waals surface area contributed by atoms with Gasteiger partial charge in [-0.15, -0.1) is 0 Å². The summed E-state index contributed by atoms with van der Waals surface area (Å²) in [5.41, 5.74) is -1.09. The molecule has 1 rings (SSSR count). The summed E-state index contributed by atoms with van der Waals surface area (Å²) in [6.45, 7) is 3.99. The van der Waals surface area contributed by atoms with Crippen LogP contribution in [0.3, 0.4) is 0 Å². The Labute approximate surface area is 100 Å². The van der Waals surface area contributed by atoms with Gasteiger partial charge in [0.15, 0.2) is 0 Å². The monoisotopic (exact) mass is 245 g/mol. The number of ether oxygens (including phenoxy) is 1. The number of carboxylic acid groups (broad SMARTS) is 1. The van der Waals surface area contributed by atoms with Crippen molar-refractivity contribution in [1.82, 2.24) is 4.90 Å². The fraction of sp³-hybridized carbons (Fsp3) is 0.818. The molecule has 0 aromatic rings. The fourth-order valence-electron chi connectivity index (χ4n) is 1.69. The van der Waals surface area contributed by atoms with Gasteiger partial charge < -0.3 is 19.8 Å². The topological polar surface area (TPSA) is 87.1 Å². The van der Waals surface area contributed by atoms with E-state index in [1.165, 1.54) is 18.7 Å². The number of carbonyl (C=O) groups excluding carboxylic acids is 1. The Balaban J connectivity index is 2.65. The second kappa shape index (κ2) is 5.46. The van der Waals surface area contributed by atoms with Gasteiger partial charge in [-0.2, -0.15) is 0 Å². The molecular formula is C11H19NO5. The third kappa shape index (κ3) is 3.41. The lowest BCUT2D eigenvalue weighted by Gasteiger charge is -2.36. The van der Waals surface area contributed by atoms with Gasteiger partial charge in [0.25, 0.3) is 0 Å². The van der Waals surface area contributed by atoms with Crippen molar-refractivity contribution in [2.24, 2.45) is 5.41 Å². The lowest BCUT2D eigenvalue weighted by atomic mass is 9.88. The summed E-state index contributed by atoms with van der Waals surface area (Å²) in [6.07, 6.45) is -0.0706. The normalized spacial score (nSPS) is 21.4. The molecule has 0 aromatic heterocycles. The van der Waals surface area contributed by atoms with Crippen LogP contribution in [0.4, 0.5) is 0 Å². The molecule has 1 fully saturated rings. The van der Waals surface area contributed by atoms with Crippen LogP contribution in [0.25, 0.3) is 0 Å². The highest BCUT2D eigenvalue weighted by atomic mass is 16.5. The molecule has 1 aliphatic rings. The first-order chi connectivity index (χ1) is 7.88. The van der Waals surface area contributed by atoms with Crippen molar-refractivity contribution in [2.45, 2.75) is 26.3 Å². The molecule has 0 bridgehead atoms. The Bertz CT molecular complexity index is 302. The second-order valence-corrected chi connectivity index (χ2v) is 4.86. The van der Waals surface area contributed by atoms with Gasteiger partial charge >= 0.3 is 5.97 Å². The van der Waals surface area contributed by atoms with Gasteiger partial charge in [-0.05, 0) is 13.8 Å². The number of aliphatic hydroxyl groups is 1. The Hall–Kier alpha value is -1.14. The Morgan fingerprint density at radius 2 is 2.12 bits per heavy atom. The summed E-state index contributed by atoms with van der Waals surface area (Å²) in [6, 6.07) is -0.360. The zero-order valence-electron chi connectivity index (χ0n) is 10.2. The highest BCUT2D eigenvalue weighted by Gasteiger charge is 2.35. The minimum absolute atomic E-state index is 0.0706. The van der Waals surface area contributed by atoms with Gasteiger partial charge in [0.2, 0.25) is 5.91 Å². The average molecular weight is 245 g/mol. The smallest absolute Gasteiger partial charge is 0.309 e. The van der Waals surface area contributed by atoms with Crippen molar-refractivity contribution in [1.29, 1.82) is 0 Å². The van der Waals surface area contributed by atoms with E-state index in [0.29, 0.717) is 19.8 Å². The molecule has 0 radical (unpaired) electrons. The van der Waals surface area contributed by atoms with Crippen LogP contribution in [0.2, 0.25) is 0 Å². The van der Waals surface area contributed by atoms with E-state index in [0.717, 1.165) is 0 Å². The SMILES string of the molecule is CC(C)(CC(=O)N1CCOCC1CO)C(=O)O. The summed E-state index contributed by atoms with van der Waals surface area (Å²) < 4.78 is 5.16. The third-order valence-corrected chi connectivity index (χ3v) is 2.93. The number of amides is 1. The number of rotatable bonds is 4. The van der Waals surface area contributed by atoms with E-state index in [2.05, 4.69) is 0 Å². The lowest BCUT2D eigenvalue weighted by Crippen LogP contribution is -2.51. The van der Waals surface area contributed by atoms with E-state index in [1.54, 1.807) is 0 Å². The zero-order chi connectivity index (χ0) is 13.1. The predicted octanol–water partition coefficient (Wildman–Crippen LogP) is -0.293. The third-order valence-electron chi connectivity index (χ3n) is 2.93. The van der Waals surface area contributed by atoms with Crippen LogP contribution in [-0.4, -0.2) is 59.4 Å². The summed E-state index contributed by atoms with van der Waals surface area (Å²) in [5, 5.41) is 18.1.